The standard InChI is InChI=1S/C14H14F4N2O/c1-20(8-6-14(16,17)18)13(21)12-5-4-11(15)9-10(12)3-2-7-19/h4-5,9H,6-8,19H2,1H3. The third-order valence-corrected chi connectivity index (χ3v) is 2.61. The van der Waals surface area contributed by atoms with Gasteiger partial charge in [-0.3, -0.25) is 4.79 Å². The van der Waals surface area contributed by atoms with Crippen LogP contribution >= 0.6 is 0 Å². The molecule has 1 aromatic carbocycles. The van der Waals surface area contributed by atoms with Gasteiger partial charge in [-0.15, -0.1) is 0 Å². The van der Waals surface area contributed by atoms with Crippen LogP contribution in [-0.2, 0) is 0 Å². The van der Waals surface area contributed by atoms with Gasteiger partial charge >= 0.3 is 6.18 Å². The molecule has 0 unspecified atom stereocenters. The van der Waals surface area contributed by atoms with E-state index in [1.165, 1.54) is 13.1 Å². The van der Waals surface area contributed by atoms with E-state index in [1.807, 2.05) is 0 Å². The molecular weight excluding hydrogens is 288 g/mol. The average Bonchev–Trinajstić information content (AvgIpc) is 2.41. The monoisotopic (exact) mass is 302 g/mol. The van der Waals surface area contributed by atoms with Crippen molar-refractivity contribution in [3.63, 3.8) is 0 Å². The van der Waals surface area contributed by atoms with Gasteiger partial charge in [-0.1, -0.05) is 11.8 Å². The second kappa shape index (κ2) is 7.09. The lowest BCUT2D eigenvalue weighted by molar-refractivity contribution is -0.136. The molecule has 3 nitrogen and oxygen atoms in total. The molecule has 0 atom stereocenters. The Hall–Kier alpha value is -2.07. The van der Waals surface area contributed by atoms with Gasteiger partial charge in [-0.05, 0) is 18.2 Å². The Bertz CT molecular complexity index is 573. The van der Waals surface area contributed by atoms with Crippen LogP contribution in [0, 0.1) is 17.7 Å². The number of alkyl halides is 3. The number of amides is 1. The zero-order valence-electron chi connectivity index (χ0n) is 11.3. The van der Waals surface area contributed by atoms with Crippen LogP contribution in [0.4, 0.5) is 17.6 Å². The van der Waals surface area contributed by atoms with E-state index in [1.54, 1.807) is 0 Å². The largest absolute Gasteiger partial charge is 0.390 e. The lowest BCUT2D eigenvalue weighted by Crippen LogP contribution is -2.31. The van der Waals surface area contributed by atoms with Gasteiger partial charge in [0, 0.05) is 19.2 Å². The molecule has 0 aliphatic carbocycles. The fourth-order valence-electron chi connectivity index (χ4n) is 1.55. The van der Waals surface area contributed by atoms with Gasteiger partial charge in [-0.2, -0.15) is 13.2 Å². The first kappa shape index (κ1) is 17.0. The minimum Gasteiger partial charge on any atom is -0.341 e. The predicted molar refractivity (Wildman–Crippen MR) is 70.0 cm³/mol. The van der Waals surface area contributed by atoms with Crippen LogP contribution in [0.15, 0.2) is 18.2 Å². The number of nitrogens with zero attached hydrogens (tertiary/aromatic N) is 1. The third kappa shape index (κ3) is 5.44. The maximum Gasteiger partial charge on any atom is 0.390 e. The van der Waals surface area contributed by atoms with Crippen LogP contribution < -0.4 is 5.73 Å². The first-order valence-corrected chi connectivity index (χ1v) is 6.05. The number of halogens is 4. The molecule has 1 rings (SSSR count). The molecule has 0 heterocycles. The molecule has 0 aromatic heterocycles. The summed E-state index contributed by atoms with van der Waals surface area (Å²) in [5.74, 6) is 3.78. The number of hydrogen-bond acceptors (Lipinski definition) is 2. The van der Waals surface area contributed by atoms with Gasteiger partial charge in [0.15, 0.2) is 0 Å². The first-order valence-electron chi connectivity index (χ1n) is 6.05. The van der Waals surface area contributed by atoms with Crippen molar-refractivity contribution in [1.82, 2.24) is 4.90 Å². The topological polar surface area (TPSA) is 46.3 Å². The second-order valence-electron chi connectivity index (χ2n) is 4.29. The van der Waals surface area contributed by atoms with Crippen molar-refractivity contribution < 1.29 is 22.4 Å². The molecule has 114 valence electrons. The van der Waals surface area contributed by atoms with Gasteiger partial charge < -0.3 is 10.6 Å². The van der Waals surface area contributed by atoms with E-state index in [-0.39, 0.29) is 17.7 Å². The fraction of sp³-hybridized carbons (Fsp3) is 0.357. The zero-order chi connectivity index (χ0) is 16.0. The van der Waals surface area contributed by atoms with E-state index >= 15 is 0 Å². The molecule has 1 amide bonds. The third-order valence-electron chi connectivity index (χ3n) is 2.61. The van der Waals surface area contributed by atoms with Gasteiger partial charge in [-0.25, -0.2) is 4.39 Å². The fourth-order valence-corrected chi connectivity index (χ4v) is 1.55. The van der Waals surface area contributed by atoms with E-state index in [2.05, 4.69) is 11.8 Å². The number of carbonyl (C=O) groups is 1. The van der Waals surface area contributed by atoms with Crippen molar-refractivity contribution in [1.29, 1.82) is 0 Å². The summed E-state index contributed by atoms with van der Waals surface area (Å²) >= 11 is 0. The summed E-state index contributed by atoms with van der Waals surface area (Å²) in [5, 5.41) is 0. The second-order valence-corrected chi connectivity index (χ2v) is 4.29. The van der Waals surface area contributed by atoms with E-state index in [0.717, 1.165) is 17.0 Å². The highest BCUT2D eigenvalue weighted by Gasteiger charge is 2.28. The van der Waals surface area contributed by atoms with Crippen molar-refractivity contribution in [2.24, 2.45) is 5.73 Å². The lowest BCUT2D eigenvalue weighted by atomic mass is 10.1. The summed E-state index contributed by atoms with van der Waals surface area (Å²) in [5.41, 5.74) is 5.35. The van der Waals surface area contributed by atoms with Gasteiger partial charge in [0.05, 0.1) is 18.5 Å². The van der Waals surface area contributed by atoms with Crippen molar-refractivity contribution in [3.8, 4) is 11.8 Å². The summed E-state index contributed by atoms with van der Waals surface area (Å²) in [6.07, 6.45) is -5.46. The molecule has 1 aromatic rings. The molecule has 0 spiro atoms. The maximum absolute atomic E-state index is 13.2. The summed E-state index contributed by atoms with van der Waals surface area (Å²) in [7, 11) is 1.25. The van der Waals surface area contributed by atoms with E-state index < -0.39 is 30.9 Å². The minimum atomic E-state index is -4.35. The Morgan fingerprint density at radius 3 is 2.62 bits per heavy atom. The average molecular weight is 302 g/mol. The highest BCUT2D eigenvalue weighted by Crippen LogP contribution is 2.20. The highest BCUT2D eigenvalue weighted by molar-refractivity contribution is 5.96. The number of nitrogens with two attached hydrogens (primary N) is 1. The molecule has 7 heteroatoms. The molecular formula is C14H14F4N2O. The minimum absolute atomic E-state index is 0.0219. The lowest BCUT2D eigenvalue weighted by Gasteiger charge is -2.19. The summed E-state index contributed by atoms with van der Waals surface area (Å²) in [6, 6.07) is 3.30. The van der Waals surface area contributed by atoms with Crippen LogP contribution in [0.25, 0.3) is 0 Å². The molecule has 0 aliphatic heterocycles. The van der Waals surface area contributed by atoms with Crippen molar-refractivity contribution in [2.75, 3.05) is 20.1 Å². The molecule has 2 N–H and O–H groups in total. The molecule has 0 radical (unpaired) electrons. The van der Waals surface area contributed by atoms with Gasteiger partial charge in [0.2, 0.25) is 0 Å². The van der Waals surface area contributed by atoms with Gasteiger partial charge in [0.25, 0.3) is 5.91 Å². The van der Waals surface area contributed by atoms with Crippen molar-refractivity contribution in [3.05, 3.63) is 35.1 Å². The maximum atomic E-state index is 13.2. The summed E-state index contributed by atoms with van der Waals surface area (Å²) < 4.78 is 49.6. The molecule has 0 fully saturated rings. The first-order chi connectivity index (χ1) is 9.74. The van der Waals surface area contributed by atoms with Crippen LogP contribution in [0.1, 0.15) is 22.3 Å². The molecule has 0 bridgehead atoms. The summed E-state index contributed by atoms with van der Waals surface area (Å²) in [6.45, 7) is -0.461. The van der Waals surface area contributed by atoms with E-state index in [0.29, 0.717) is 0 Å². The zero-order valence-corrected chi connectivity index (χ0v) is 11.3. The van der Waals surface area contributed by atoms with Crippen LogP contribution in [0.5, 0.6) is 0 Å². The SMILES string of the molecule is CN(CCC(F)(F)F)C(=O)c1ccc(F)cc1C#CCN. The van der Waals surface area contributed by atoms with Crippen LogP contribution in [0.3, 0.4) is 0 Å². The normalized spacial score (nSPS) is 10.8. The van der Waals surface area contributed by atoms with Crippen molar-refractivity contribution >= 4 is 5.91 Å². The Morgan fingerprint density at radius 1 is 1.38 bits per heavy atom. The predicted octanol–water partition coefficient (Wildman–Crippen LogP) is 2.16. The summed E-state index contributed by atoms with van der Waals surface area (Å²) in [4.78, 5) is 13.0. The number of rotatable bonds is 3. The van der Waals surface area contributed by atoms with Crippen LogP contribution in [0.2, 0.25) is 0 Å². The Kier molecular flexibility index (Phi) is 5.73. The molecule has 0 saturated heterocycles. The highest BCUT2D eigenvalue weighted by atomic mass is 19.4. The van der Waals surface area contributed by atoms with E-state index in [9.17, 15) is 22.4 Å². The van der Waals surface area contributed by atoms with Crippen LogP contribution in [-0.4, -0.2) is 37.1 Å². The number of benzene rings is 1. The quantitative estimate of drug-likeness (QED) is 0.687. The number of carbonyl (C=O) groups excluding carboxylic acids is 1. The molecule has 0 saturated carbocycles. The van der Waals surface area contributed by atoms with Crippen molar-refractivity contribution in [2.45, 2.75) is 12.6 Å². The van der Waals surface area contributed by atoms with E-state index in [4.69, 9.17) is 5.73 Å². The molecule has 0 aliphatic rings. The Balaban J connectivity index is 2.96. The number of hydrogen-bond donors (Lipinski definition) is 1. The molecule has 21 heavy (non-hydrogen) atoms. The Morgan fingerprint density at radius 2 is 2.05 bits per heavy atom. The van der Waals surface area contributed by atoms with Gasteiger partial charge in [0.1, 0.15) is 5.82 Å². The smallest absolute Gasteiger partial charge is 0.341 e. The Labute approximate surface area is 119 Å².